The van der Waals surface area contributed by atoms with Gasteiger partial charge in [-0.15, -0.1) is 0 Å². The number of anilines is 1. The number of nitrogens with zero attached hydrogens (tertiary/aromatic N) is 5. The minimum absolute atomic E-state index is 0.0385. The van der Waals surface area contributed by atoms with E-state index in [4.69, 9.17) is 0 Å². The number of benzene rings is 1. The molecule has 150 valence electrons. The van der Waals surface area contributed by atoms with Crippen LogP contribution in [0.1, 0.15) is 19.4 Å². The second-order valence-corrected chi connectivity index (χ2v) is 8.80. The molecule has 0 unspecified atom stereocenters. The van der Waals surface area contributed by atoms with E-state index >= 15 is 0 Å². The molecule has 0 bridgehead atoms. The Kier molecular flexibility index (Phi) is 4.38. The van der Waals surface area contributed by atoms with E-state index in [2.05, 4.69) is 19.9 Å². The molecule has 0 amide bonds. The van der Waals surface area contributed by atoms with Crippen LogP contribution in [0.5, 0.6) is 0 Å². The first kappa shape index (κ1) is 19.1. The highest BCUT2D eigenvalue weighted by Crippen LogP contribution is 2.27. The number of sulfonamides is 1. The summed E-state index contributed by atoms with van der Waals surface area (Å²) in [5, 5.41) is 9.06. The molecule has 29 heavy (non-hydrogen) atoms. The first-order chi connectivity index (χ1) is 13.6. The average molecular weight is 414 g/mol. The largest absolute Gasteiger partial charge is 0.277 e. The first-order valence-electron chi connectivity index (χ1n) is 8.79. The lowest BCUT2D eigenvalue weighted by molar-refractivity contribution is 0.221. The third kappa shape index (κ3) is 3.58. The van der Waals surface area contributed by atoms with E-state index in [1.54, 1.807) is 36.1 Å². The summed E-state index contributed by atoms with van der Waals surface area (Å²) in [5.41, 5.74) is -0.0516. The molecular weight excluding hydrogens is 395 g/mol. The van der Waals surface area contributed by atoms with Crippen molar-refractivity contribution in [2.75, 3.05) is 4.72 Å². The Morgan fingerprint density at radius 1 is 1.14 bits per heavy atom. The van der Waals surface area contributed by atoms with E-state index in [0.29, 0.717) is 22.6 Å². The van der Waals surface area contributed by atoms with Gasteiger partial charge < -0.3 is 0 Å². The summed E-state index contributed by atoms with van der Waals surface area (Å²) < 4.78 is 45.5. The van der Waals surface area contributed by atoms with Crippen molar-refractivity contribution in [2.45, 2.75) is 24.4 Å². The van der Waals surface area contributed by atoms with Crippen molar-refractivity contribution in [3.63, 3.8) is 0 Å². The minimum Gasteiger partial charge on any atom is -0.277 e. The maximum atomic E-state index is 14.2. The van der Waals surface area contributed by atoms with Gasteiger partial charge in [-0.2, -0.15) is 10.2 Å². The molecule has 0 saturated carbocycles. The van der Waals surface area contributed by atoms with Crippen molar-refractivity contribution in [1.29, 1.82) is 0 Å². The number of alkyl halides is 1. The Labute approximate surface area is 167 Å². The fraction of sp³-hybridized carbons (Fsp3) is 0.211. The predicted molar refractivity (Wildman–Crippen MR) is 107 cm³/mol. The topological polar surface area (TPSA) is 94.7 Å². The van der Waals surface area contributed by atoms with E-state index in [1.807, 2.05) is 6.07 Å². The summed E-state index contributed by atoms with van der Waals surface area (Å²) in [6.45, 7) is 2.88. The molecule has 3 aromatic heterocycles. The zero-order valence-corrected chi connectivity index (χ0v) is 16.9. The van der Waals surface area contributed by atoms with Gasteiger partial charge in [0.15, 0.2) is 5.82 Å². The quantitative estimate of drug-likeness (QED) is 0.541. The van der Waals surface area contributed by atoms with Gasteiger partial charge in [0.1, 0.15) is 10.6 Å². The van der Waals surface area contributed by atoms with E-state index in [0.717, 1.165) is 5.39 Å². The summed E-state index contributed by atoms with van der Waals surface area (Å²) in [6.07, 6.45) is 5.68. The van der Waals surface area contributed by atoms with Gasteiger partial charge in [0.2, 0.25) is 0 Å². The van der Waals surface area contributed by atoms with Gasteiger partial charge in [-0.05, 0) is 37.6 Å². The molecule has 0 aliphatic carbocycles. The lowest BCUT2D eigenvalue weighted by Crippen LogP contribution is -2.13. The van der Waals surface area contributed by atoms with Gasteiger partial charge in [0.05, 0.1) is 29.8 Å². The van der Waals surface area contributed by atoms with Gasteiger partial charge in [0, 0.05) is 18.6 Å². The third-order valence-electron chi connectivity index (χ3n) is 4.54. The Morgan fingerprint density at radius 3 is 2.69 bits per heavy atom. The van der Waals surface area contributed by atoms with Gasteiger partial charge in [0.25, 0.3) is 10.0 Å². The summed E-state index contributed by atoms with van der Waals surface area (Å²) in [6, 6.07) is 8.37. The molecular formula is C19H19FN6O2S. The number of hydrogen-bond acceptors (Lipinski definition) is 5. The fourth-order valence-electron chi connectivity index (χ4n) is 3.00. The van der Waals surface area contributed by atoms with Crippen LogP contribution in [0.15, 0.2) is 60.0 Å². The van der Waals surface area contributed by atoms with Crippen LogP contribution in [-0.2, 0) is 22.7 Å². The number of aromatic nitrogens is 5. The van der Waals surface area contributed by atoms with Gasteiger partial charge >= 0.3 is 0 Å². The van der Waals surface area contributed by atoms with Gasteiger partial charge in [-0.1, -0.05) is 12.1 Å². The molecule has 3 heterocycles. The molecule has 0 saturated heterocycles. The standard InChI is InChI=1S/C19H19FN6O2S/c1-19(2,20)14-7-8-21-17(9-14)26-12-15(11-23-26)29(27,28)24-16-6-4-5-13-10-22-25(3)18(13)16/h4-12,24H,1-3H3. The van der Waals surface area contributed by atoms with Crippen molar-refractivity contribution < 1.29 is 12.8 Å². The SMILES string of the molecule is Cn1ncc2cccc(NS(=O)(=O)c3cnn(-c4cc(C(C)(C)F)ccn4)c3)c21. The number of aryl methyl sites for hydroxylation is 1. The zero-order chi connectivity index (χ0) is 20.8. The monoisotopic (exact) mass is 414 g/mol. The minimum atomic E-state index is -3.90. The molecule has 0 aliphatic rings. The Bertz CT molecular complexity index is 1300. The van der Waals surface area contributed by atoms with E-state index in [9.17, 15) is 12.8 Å². The second-order valence-electron chi connectivity index (χ2n) is 7.11. The summed E-state index contributed by atoms with van der Waals surface area (Å²) in [7, 11) is -2.16. The molecule has 0 aliphatic heterocycles. The zero-order valence-electron chi connectivity index (χ0n) is 16.0. The number of fused-ring (bicyclic) bond motifs is 1. The van der Waals surface area contributed by atoms with Crippen LogP contribution in [0.25, 0.3) is 16.7 Å². The Hall–Kier alpha value is -3.27. The molecule has 10 heteroatoms. The van der Waals surface area contributed by atoms with Crippen molar-refractivity contribution >= 4 is 26.6 Å². The van der Waals surface area contributed by atoms with E-state index < -0.39 is 15.7 Å². The molecule has 0 spiro atoms. The van der Waals surface area contributed by atoms with Crippen LogP contribution < -0.4 is 4.72 Å². The molecule has 4 aromatic rings. The van der Waals surface area contributed by atoms with E-state index in [1.165, 1.54) is 43.2 Å². The number of hydrogen-bond donors (Lipinski definition) is 1. The molecule has 8 nitrogen and oxygen atoms in total. The molecule has 0 fully saturated rings. The summed E-state index contributed by atoms with van der Waals surface area (Å²) >= 11 is 0. The molecule has 4 rings (SSSR count). The van der Waals surface area contributed by atoms with Gasteiger partial charge in [-0.3, -0.25) is 9.40 Å². The van der Waals surface area contributed by atoms with Crippen molar-refractivity contribution in [3.8, 4) is 5.82 Å². The van der Waals surface area contributed by atoms with Crippen molar-refractivity contribution in [1.82, 2.24) is 24.5 Å². The molecule has 0 atom stereocenters. The van der Waals surface area contributed by atoms with Crippen LogP contribution in [0.4, 0.5) is 10.1 Å². The number of para-hydroxylation sites is 1. The average Bonchev–Trinajstić information content (AvgIpc) is 3.30. The molecule has 1 aromatic carbocycles. The fourth-order valence-corrected chi connectivity index (χ4v) is 4.00. The second kappa shape index (κ2) is 6.66. The lowest BCUT2D eigenvalue weighted by atomic mass is 10.0. The smallest absolute Gasteiger partial charge is 0.265 e. The highest BCUT2D eigenvalue weighted by atomic mass is 32.2. The van der Waals surface area contributed by atoms with Crippen LogP contribution in [0, 0.1) is 0 Å². The highest BCUT2D eigenvalue weighted by molar-refractivity contribution is 7.92. The predicted octanol–water partition coefficient (Wildman–Crippen LogP) is 3.16. The van der Waals surface area contributed by atoms with Crippen LogP contribution in [-0.4, -0.2) is 33.0 Å². The van der Waals surface area contributed by atoms with Gasteiger partial charge in [-0.25, -0.2) is 22.5 Å². The molecule has 0 radical (unpaired) electrons. The number of nitrogens with one attached hydrogen (secondary N) is 1. The van der Waals surface area contributed by atoms with Crippen molar-refractivity contribution in [2.24, 2.45) is 7.05 Å². The van der Waals surface area contributed by atoms with E-state index in [-0.39, 0.29) is 4.90 Å². The molecule has 1 N–H and O–H groups in total. The Balaban J connectivity index is 1.68. The Morgan fingerprint density at radius 2 is 1.93 bits per heavy atom. The van der Waals surface area contributed by atoms with Crippen LogP contribution >= 0.6 is 0 Å². The summed E-state index contributed by atoms with van der Waals surface area (Å²) in [4.78, 5) is 4.12. The van der Waals surface area contributed by atoms with Crippen LogP contribution in [0.3, 0.4) is 0 Å². The summed E-state index contributed by atoms with van der Waals surface area (Å²) in [5.74, 6) is 0.323. The maximum absolute atomic E-state index is 14.2. The maximum Gasteiger partial charge on any atom is 0.265 e. The van der Waals surface area contributed by atoms with Crippen LogP contribution in [0.2, 0.25) is 0 Å². The number of pyridine rings is 1. The number of halogens is 1. The number of rotatable bonds is 5. The first-order valence-corrected chi connectivity index (χ1v) is 10.3. The van der Waals surface area contributed by atoms with Crippen molar-refractivity contribution in [3.05, 3.63) is 60.7 Å². The third-order valence-corrected chi connectivity index (χ3v) is 5.86. The highest BCUT2D eigenvalue weighted by Gasteiger charge is 2.22. The normalized spacial score (nSPS) is 12.4. The lowest BCUT2D eigenvalue weighted by Gasteiger charge is -2.14.